The Morgan fingerprint density at radius 3 is 2.47 bits per heavy atom. The lowest BCUT2D eigenvalue weighted by atomic mass is 10.1. The zero-order valence-corrected chi connectivity index (χ0v) is 12.3. The third-order valence-corrected chi connectivity index (χ3v) is 3.92. The molecule has 3 nitrogen and oxygen atoms in total. The number of nitrogens with zero attached hydrogens (tertiary/aromatic N) is 2. The van der Waals surface area contributed by atoms with E-state index in [2.05, 4.69) is 55.0 Å². The van der Waals surface area contributed by atoms with E-state index in [1.165, 1.54) is 11.3 Å². The van der Waals surface area contributed by atoms with Crippen molar-refractivity contribution >= 4 is 5.69 Å². The largest absolute Gasteiger partial charge is 0.396 e. The summed E-state index contributed by atoms with van der Waals surface area (Å²) < 4.78 is 0. The van der Waals surface area contributed by atoms with Gasteiger partial charge in [0.2, 0.25) is 0 Å². The normalized spacial score (nSPS) is 25.4. The van der Waals surface area contributed by atoms with Crippen LogP contribution in [0.2, 0.25) is 0 Å². The van der Waals surface area contributed by atoms with Crippen molar-refractivity contribution in [2.24, 2.45) is 5.92 Å². The number of aliphatic hydroxyl groups is 1. The summed E-state index contributed by atoms with van der Waals surface area (Å²) in [6.45, 7) is 7.91. The van der Waals surface area contributed by atoms with Crippen molar-refractivity contribution in [3.8, 4) is 0 Å². The highest BCUT2D eigenvalue weighted by Gasteiger charge is 2.26. The number of rotatable bonds is 3. The van der Waals surface area contributed by atoms with Crippen LogP contribution in [0.5, 0.6) is 0 Å². The van der Waals surface area contributed by atoms with E-state index >= 15 is 0 Å². The molecular formula is C16H26N2O. The predicted octanol–water partition coefficient (Wildman–Crippen LogP) is 2.13. The Balaban J connectivity index is 2.23. The Kier molecular flexibility index (Phi) is 4.83. The van der Waals surface area contributed by atoms with Gasteiger partial charge in [-0.25, -0.2) is 0 Å². The summed E-state index contributed by atoms with van der Waals surface area (Å²) in [5.74, 6) is 0.648. The van der Waals surface area contributed by atoms with Crippen molar-refractivity contribution in [1.29, 1.82) is 0 Å². The standard InChI is InChI=1S/C16H26N2O/c1-13-4-6-15(7-5-13)18-11-14(2)10-17(3)12-16(18)8-9-19/h4-7,14,16,19H,8-12H2,1-3H3. The topological polar surface area (TPSA) is 26.7 Å². The van der Waals surface area contributed by atoms with Gasteiger partial charge in [-0.05, 0) is 38.4 Å². The maximum Gasteiger partial charge on any atom is 0.0451 e. The van der Waals surface area contributed by atoms with Crippen LogP contribution in [-0.4, -0.2) is 49.3 Å². The van der Waals surface area contributed by atoms with E-state index in [9.17, 15) is 5.11 Å². The van der Waals surface area contributed by atoms with E-state index in [0.717, 1.165) is 26.1 Å². The summed E-state index contributed by atoms with van der Waals surface area (Å²) >= 11 is 0. The summed E-state index contributed by atoms with van der Waals surface area (Å²) in [6, 6.07) is 9.16. The molecule has 1 fully saturated rings. The van der Waals surface area contributed by atoms with E-state index in [4.69, 9.17) is 0 Å². The molecule has 0 aromatic heterocycles. The molecule has 2 unspecified atom stereocenters. The molecule has 1 N–H and O–H groups in total. The quantitative estimate of drug-likeness (QED) is 0.904. The molecular weight excluding hydrogens is 236 g/mol. The number of benzene rings is 1. The van der Waals surface area contributed by atoms with Crippen LogP contribution in [0.4, 0.5) is 5.69 Å². The second kappa shape index (κ2) is 6.40. The summed E-state index contributed by atoms with van der Waals surface area (Å²) in [6.07, 6.45) is 0.838. The lowest BCUT2D eigenvalue weighted by Crippen LogP contribution is -2.41. The number of aryl methyl sites for hydroxylation is 1. The average Bonchev–Trinajstić information content (AvgIpc) is 2.49. The fraction of sp³-hybridized carbons (Fsp3) is 0.625. The molecule has 1 aliphatic rings. The van der Waals surface area contributed by atoms with Gasteiger partial charge in [-0.15, -0.1) is 0 Å². The number of anilines is 1. The second-order valence-electron chi connectivity index (χ2n) is 5.98. The smallest absolute Gasteiger partial charge is 0.0451 e. The maximum atomic E-state index is 9.33. The molecule has 3 heteroatoms. The molecule has 2 rings (SSSR count). The fourth-order valence-electron chi connectivity index (χ4n) is 3.06. The van der Waals surface area contributed by atoms with Gasteiger partial charge in [-0.1, -0.05) is 24.6 Å². The first-order chi connectivity index (χ1) is 9.10. The Morgan fingerprint density at radius 1 is 1.16 bits per heavy atom. The molecule has 1 aliphatic heterocycles. The molecule has 0 bridgehead atoms. The van der Waals surface area contributed by atoms with Crippen LogP contribution in [0.3, 0.4) is 0 Å². The highest BCUT2D eigenvalue weighted by Crippen LogP contribution is 2.24. The van der Waals surface area contributed by atoms with Gasteiger partial charge in [-0.2, -0.15) is 0 Å². The van der Waals surface area contributed by atoms with Gasteiger partial charge >= 0.3 is 0 Å². The lowest BCUT2D eigenvalue weighted by Gasteiger charge is -2.33. The van der Waals surface area contributed by atoms with E-state index < -0.39 is 0 Å². The summed E-state index contributed by atoms with van der Waals surface area (Å²) in [7, 11) is 2.18. The van der Waals surface area contributed by atoms with Crippen LogP contribution in [0.15, 0.2) is 24.3 Å². The number of likely N-dealkylation sites (N-methyl/N-ethyl adjacent to an activating group) is 1. The van der Waals surface area contributed by atoms with Crippen LogP contribution in [-0.2, 0) is 0 Å². The third-order valence-electron chi connectivity index (χ3n) is 3.92. The van der Waals surface area contributed by atoms with E-state index in [1.807, 2.05) is 0 Å². The van der Waals surface area contributed by atoms with Crippen molar-refractivity contribution in [2.75, 3.05) is 38.2 Å². The van der Waals surface area contributed by atoms with Crippen molar-refractivity contribution < 1.29 is 5.11 Å². The predicted molar refractivity (Wildman–Crippen MR) is 80.7 cm³/mol. The molecule has 1 aromatic carbocycles. The van der Waals surface area contributed by atoms with Crippen molar-refractivity contribution in [2.45, 2.75) is 26.3 Å². The molecule has 1 saturated heterocycles. The lowest BCUT2D eigenvalue weighted by molar-refractivity contribution is 0.250. The monoisotopic (exact) mass is 262 g/mol. The number of hydrogen-bond acceptors (Lipinski definition) is 3. The molecule has 0 saturated carbocycles. The minimum atomic E-state index is 0.259. The first kappa shape index (κ1) is 14.4. The molecule has 1 aromatic rings. The van der Waals surface area contributed by atoms with E-state index in [0.29, 0.717) is 12.0 Å². The Hall–Kier alpha value is -1.06. The molecule has 1 heterocycles. The summed E-state index contributed by atoms with van der Waals surface area (Å²) in [5, 5.41) is 9.33. The van der Waals surface area contributed by atoms with Crippen LogP contribution in [0.1, 0.15) is 18.9 Å². The van der Waals surface area contributed by atoms with Crippen LogP contribution < -0.4 is 4.90 Å². The van der Waals surface area contributed by atoms with Gasteiger partial charge < -0.3 is 14.9 Å². The van der Waals surface area contributed by atoms with E-state index in [1.54, 1.807) is 0 Å². The highest BCUT2D eigenvalue weighted by molar-refractivity contribution is 5.49. The summed E-state index contributed by atoms with van der Waals surface area (Å²) in [5.41, 5.74) is 2.58. The molecule has 0 spiro atoms. The number of aliphatic hydroxyl groups excluding tert-OH is 1. The average molecular weight is 262 g/mol. The fourth-order valence-corrected chi connectivity index (χ4v) is 3.06. The van der Waals surface area contributed by atoms with Gasteiger partial charge in [0, 0.05) is 38.0 Å². The zero-order chi connectivity index (χ0) is 13.8. The van der Waals surface area contributed by atoms with Crippen molar-refractivity contribution in [3.05, 3.63) is 29.8 Å². The van der Waals surface area contributed by atoms with Gasteiger partial charge in [0.25, 0.3) is 0 Å². The van der Waals surface area contributed by atoms with E-state index in [-0.39, 0.29) is 6.61 Å². The highest BCUT2D eigenvalue weighted by atomic mass is 16.3. The van der Waals surface area contributed by atoms with Gasteiger partial charge in [0.15, 0.2) is 0 Å². The molecule has 0 aliphatic carbocycles. The zero-order valence-electron chi connectivity index (χ0n) is 12.3. The molecule has 19 heavy (non-hydrogen) atoms. The Labute approximate surface area is 116 Å². The maximum absolute atomic E-state index is 9.33. The first-order valence-electron chi connectivity index (χ1n) is 7.23. The first-order valence-corrected chi connectivity index (χ1v) is 7.23. The van der Waals surface area contributed by atoms with Crippen molar-refractivity contribution in [3.63, 3.8) is 0 Å². The van der Waals surface area contributed by atoms with Crippen molar-refractivity contribution in [1.82, 2.24) is 4.90 Å². The molecule has 0 radical (unpaired) electrons. The number of hydrogen-bond donors (Lipinski definition) is 1. The molecule has 106 valence electrons. The van der Waals surface area contributed by atoms with Crippen LogP contribution >= 0.6 is 0 Å². The van der Waals surface area contributed by atoms with Crippen LogP contribution in [0, 0.1) is 12.8 Å². The minimum Gasteiger partial charge on any atom is -0.396 e. The Bertz CT molecular complexity index is 390. The second-order valence-corrected chi connectivity index (χ2v) is 5.98. The van der Waals surface area contributed by atoms with Gasteiger partial charge in [0.1, 0.15) is 0 Å². The third kappa shape index (κ3) is 3.71. The van der Waals surface area contributed by atoms with Crippen LogP contribution in [0.25, 0.3) is 0 Å². The summed E-state index contributed by atoms with van der Waals surface area (Å²) in [4.78, 5) is 4.86. The Morgan fingerprint density at radius 2 is 1.84 bits per heavy atom. The molecule has 2 atom stereocenters. The molecule has 0 amide bonds. The minimum absolute atomic E-state index is 0.259. The van der Waals surface area contributed by atoms with Gasteiger partial charge in [0.05, 0.1) is 0 Å². The SMILES string of the molecule is Cc1ccc(N2CC(C)CN(C)CC2CCO)cc1. The van der Waals surface area contributed by atoms with Gasteiger partial charge in [-0.3, -0.25) is 0 Å².